The second kappa shape index (κ2) is 5.78. The maximum absolute atomic E-state index is 12.3. The molecule has 4 heteroatoms. The number of hydrogen-bond donors (Lipinski definition) is 1. The van der Waals surface area contributed by atoms with Gasteiger partial charge in [-0.3, -0.25) is 0 Å². The van der Waals surface area contributed by atoms with Crippen molar-refractivity contribution in [2.45, 2.75) is 19.5 Å². The molecule has 0 radical (unpaired) electrons. The first-order chi connectivity index (χ1) is 7.19. The monoisotopic (exact) mass is 215 g/mol. The van der Waals surface area contributed by atoms with Crippen molar-refractivity contribution < 1.29 is 13.5 Å². The molecule has 0 saturated heterocycles. The molecule has 0 heterocycles. The molecule has 0 saturated carbocycles. The van der Waals surface area contributed by atoms with Crippen LogP contribution in [0.25, 0.3) is 0 Å². The average Bonchev–Trinajstić information content (AvgIpc) is 2.26. The number of halogens is 2. The van der Waals surface area contributed by atoms with Crippen LogP contribution in [-0.4, -0.2) is 13.2 Å². The number of hydrogen-bond acceptors (Lipinski definition) is 2. The molecule has 1 aromatic carbocycles. The fourth-order valence-corrected chi connectivity index (χ4v) is 1.36. The van der Waals surface area contributed by atoms with Gasteiger partial charge in [-0.25, -0.2) is 8.78 Å². The van der Waals surface area contributed by atoms with Crippen molar-refractivity contribution in [1.82, 2.24) is 0 Å². The highest BCUT2D eigenvalue weighted by molar-refractivity contribution is 5.25. The van der Waals surface area contributed by atoms with Gasteiger partial charge >= 0.3 is 0 Å². The van der Waals surface area contributed by atoms with Crippen LogP contribution in [0.15, 0.2) is 24.3 Å². The van der Waals surface area contributed by atoms with E-state index in [1.54, 1.807) is 12.1 Å². The third kappa shape index (κ3) is 3.25. The van der Waals surface area contributed by atoms with Crippen molar-refractivity contribution in [2.75, 3.05) is 13.2 Å². The van der Waals surface area contributed by atoms with Gasteiger partial charge in [0.15, 0.2) is 0 Å². The van der Waals surface area contributed by atoms with Crippen LogP contribution >= 0.6 is 0 Å². The quantitative estimate of drug-likeness (QED) is 0.819. The van der Waals surface area contributed by atoms with E-state index < -0.39 is 6.43 Å². The van der Waals surface area contributed by atoms with Crippen LogP contribution in [-0.2, 0) is 4.74 Å². The van der Waals surface area contributed by atoms with Gasteiger partial charge in [-0.1, -0.05) is 24.3 Å². The minimum atomic E-state index is -2.43. The Hall–Kier alpha value is -1.00. The normalized spacial score (nSPS) is 13.1. The van der Waals surface area contributed by atoms with E-state index in [1.165, 1.54) is 12.1 Å². The lowest BCUT2D eigenvalue weighted by Gasteiger charge is -2.15. The van der Waals surface area contributed by atoms with Gasteiger partial charge in [-0.2, -0.15) is 0 Å². The molecule has 0 amide bonds. The van der Waals surface area contributed by atoms with Crippen LogP contribution in [0.2, 0.25) is 0 Å². The number of alkyl halides is 2. The highest BCUT2D eigenvalue weighted by Gasteiger charge is 2.11. The lowest BCUT2D eigenvalue weighted by molar-refractivity contribution is 0.0687. The molecule has 1 rings (SSSR count). The lowest BCUT2D eigenvalue weighted by atomic mass is 10.1. The first kappa shape index (κ1) is 12.1. The summed E-state index contributed by atoms with van der Waals surface area (Å²) < 4.78 is 29.9. The van der Waals surface area contributed by atoms with E-state index in [9.17, 15) is 8.78 Å². The fraction of sp³-hybridized carbons (Fsp3) is 0.455. The molecule has 0 aliphatic rings. The van der Waals surface area contributed by atoms with E-state index >= 15 is 0 Å². The van der Waals surface area contributed by atoms with Crippen molar-refractivity contribution in [2.24, 2.45) is 5.73 Å². The maximum Gasteiger partial charge on any atom is 0.263 e. The Morgan fingerprint density at radius 1 is 1.20 bits per heavy atom. The Kier molecular flexibility index (Phi) is 4.65. The predicted molar refractivity (Wildman–Crippen MR) is 54.8 cm³/mol. The van der Waals surface area contributed by atoms with Crippen LogP contribution in [0.4, 0.5) is 8.78 Å². The molecule has 0 aliphatic heterocycles. The zero-order chi connectivity index (χ0) is 11.3. The van der Waals surface area contributed by atoms with Crippen LogP contribution in [0.5, 0.6) is 0 Å². The molecule has 2 nitrogen and oxygen atoms in total. The van der Waals surface area contributed by atoms with E-state index in [2.05, 4.69) is 0 Å². The van der Waals surface area contributed by atoms with Gasteiger partial charge < -0.3 is 10.5 Å². The molecule has 1 atom stereocenters. The molecule has 0 bridgehead atoms. The molecular formula is C11H15F2NO. The molecule has 1 aromatic rings. The number of rotatable bonds is 5. The molecule has 0 aliphatic carbocycles. The molecule has 15 heavy (non-hydrogen) atoms. The number of benzene rings is 1. The Morgan fingerprint density at radius 3 is 2.13 bits per heavy atom. The van der Waals surface area contributed by atoms with Crippen LogP contribution in [0.1, 0.15) is 30.6 Å². The van der Waals surface area contributed by atoms with Gasteiger partial charge in [0.05, 0.1) is 6.10 Å². The number of ether oxygens (including phenoxy) is 1. The fourth-order valence-electron chi connectivity index (χ4n) is 1.36. The van der Waals surface area contributed by atoms with E-state index in [0.29, 0.717) is 13.2 Å². The Labute approximate surface area is 88.0 Å². The maximum atomic E-state index is 12.3. The molecule has 1 unspecified atom stereocenters. The summed E-state index contributed by atoms with van der Waals surface area (Å²) in [5.74, 6) is 0. The summed E-state index contributed by atoms with van der Waals surface area (Å²) >= 11 is 0. The second-order valence-electron chi connectivity index (χ2n) is 3.15. The van der Waals surface area contributed by atoms with Crippen molar-refractivity contribution in [1.29, 1.82) is 0 Å². The third-order valence-electron chi connectivity index (χ3n) is 2.14. The van der Waals surface area contributed by atoms with Crippen LogP contribution in [0.3, 0.4) is 0 Å². The van der Waals surface area contributed by atoms with E-state index in [4.69, 9.17) is 10.5 Å². The molecular weight excluding hydrogens is 200 g/mol. The predicted octanol–water partition coefficient (Wildman–Crippen LogP) is 2.66. The number of nitrogens with two attached hydrogens (primary N) is 1. The van der Waals surface area contributed by atoms with Gasteiger partial charge in [0, 0.05) is 18.7 Å². The molecule has 0 fully saturated rings. The van der Waals surface area contributed by atoms with Gasteiger partial charge in [0.1, 0.15) is 0 Å². The zero-order valence-corrected chi connectivity index (χ0v) is 8.62. The first-order valence-electron chi connectivity index (χ1n) is 4.88. The van der Waals surface area contributed by atoms with Crippen molar-refractivity contribution in [3.8, 4) is 0 Å². The highest BCUT2D eigenvalue weighted by atomic mass is 19.3. The Morgan fingerprint density at radius 2 is 1.73 bits per heavy atom. The summed E-state index contributed by atoms with van der Waals surface area (Å²) in [6, 6.07) is 6.08. The summed E-state index contributed by atoms with van der Waals surface area (Å²) in [4.78, 5) is 0. The molecule has 84 valence electrons. The summed E-state index contributed by atoms with van der Waals surface area (Å²) in [5, 5.41) is 0. The lowest BCUT2D eigenvalue weighted by Crippen LogP contribution is -2.15. The summed E-state index contributed by atoms with van der Waals surface area (Å²) in [6.45, 7) is 2.77. The van der Waals surface area contributed by atoms with E-state index in [1.807, 2.05) is 6.92 Å². The second-order valence-corrected chi connectivity index (χ2v) is 3.15. The SMILES string of the molecule is CCOC(CN)c1ccc(C(F)F)cc1. The van der Waals surface area contributed by atoms with E-state index in [0.717, 1.165) is 5.56 Å². The molecule has 0 aromatic heterocycles. The van der Waals surface area contributed by atoms with Crippen molar-refractivity contribution in [3.63, 3.8) is 0 Å². The summed E-state index contributed by atoms with van der Waals surface area (Å²) in [7, 11) is 0. The largest absolute Gasteiger partial charge is 0.372 e. The minimum Gasteiger partial charge on any atom is -0.372 e. The summed E-state index contributed by atoms with van der Waals surface area (Å²) in [5.41, 5.74) is 6.37. The topological polar surface area (TPSA) is 35.2 Å². The summed E-state index contributed by atoms with van der Waals surface area (Å²) in [6.07, 6.45) is -2.64. The van der Waals surface area contributed by atoms with Gasteiger partial charge in [-0.15, -0.1) is 0 Å². The third-order valence-corrected chi connectivity index (χ3v) is 2.14. The molecule has 0 spiro atoms. The van der Waals surface area contributed by atoms with Crippen molar-refractivity contribution >= 4 is 0 Å². The zero-order valence-electron chi connectivity index (χ0n) is 8.62. The highest BCUT2D eigenvalue weighted by Crippen LogP contribution is 2.22. The Balaban J connectivity index is 2.77. The van der Waals surface area contributed by atoms with E-state index in [-0.39, 0.29) is 11.7 Å². The standard InChI is InChI=1S/C11H15F2NO/c1-2-15-10(7-14)8-3-5-9(6-4-8)11(12)13/h3-6,10-11H,2,7,14H2,1H3. The van der Waals surface area contributed by atoms with Crippen LogP contribution < -0.4 is 5.73 Å². The van der Waals surface area contributed by atoms with Gasteiger partial charge in [0.2, 0.25) is 0 Å². The van der Waals surface area contributed by atoms with Gasteiger partial charge in [-0.05, 0) is 12.5 Å². The van der Waals surface area contributed by atoms with Gasteiger partial charge in [0.25, 0.3) is 6.43 Å². The molecule has 2 N–H and O–H groups in total. The first-order valence-corrected chi connectivity index (χ1v) is 4.88. The smallest absolute Gasteiger partial charge is 0.263 e. The van der Waals surface area contributed by atoms with Crippen molar-refractivity contribution in [3.05, 3.63) is 35.4 Å². The average molecular weight is 215 g/mol. The van der Waals surface area contributed by atoms with Crippen LogP contribution in [0, 0.1) is 0 Å². The minimum absolute atomic E-state index is 0.0195. The Bertz CT molecular complexity index is 287.